The van der Waals surface area contributed by atoms with Gasteiger partial charge in [0, 0.05) is 15.6 Å². The highest BCUT2D eigenvalue weighted by molar-refractivity contribution is 14.1. The Labute approximate surface area is 131 Å². The van der Waals surface area contributed by atoms with Gasteiger partial charge in [0.15, 0.2) is 0 Å². The van der Waals surface area contributed by atoms with Crippen LogP contribution in [0.25, 0.3) is 0 Å². The maximum absolute atomic E-state index is 13.8. The van der Waals surface area contributed by atoms with Gasteiger partial charge in [-0.15, -0.1) is 0 Å². The van der Waals surface area contributed by atoms with E-state index in [0.29, 0.717) is 5.56 Å². The summed E-state index contributed by atoms with van der Waals surface area (Å²) >= 11 is 5.14. The number of rotatable bonds is 3. The van der Waals surface area contributed by atoms with Crippen LogP contribution in [0.15, 0.2) is 40.9 Å². The maximum atomic E-state index is 13.8. The summed E-state index contributed by atoms with van der Waals surface area (Å²) in [4.78, 5) is 0. The molecule has 1 N–H and O–H groups in total. The van der Waals surface area contributed by atoms with Crippen LogP contribution in [0.1, 0.15) is 17.2 Å². The molecular weight excluding hydrogens is 429 g/mol. The van der Waals surface area contributed by atoms with Gasteiger partial charge in [-0.25, -0.2) is 8.78 Å². The monoisotopic (exact) mass is 438 g/mol. The molecule has 0 aliphatic heterocycles. The first-order chi connectivity index (χ1) is 8.99. The van der Waals surface area contributed by atoms with Crippen molar-refractivity contribution in [3.63, 3.8) is 0 Å². The summed E-state index contributed by atoms with van der Waals surface area (Å²) in [7, 11) is 0. The summed E-state index contributed by atoms with van der Waals surface area (Å²) in [6.07, 6.45) is -1.04. The zero-order valence-corrected chi connectivity index (χ0v) is 13.5. The van der Waals surface area contributed by atoms with Gasteiger partial charge in [0.2, 0.25) is 0 Å². The molecule has 0 aliphatic carbocycles. The fourth-order valence-corrected chi connectivity index (χ4v) is 2.72. The molecular formula is C14H10BrF2IO. The van der Waals surface area contributed by atoms with Crippen molar-refractivity contribution in [3.8, 4) is 0 Å². The highest BCUT2D eigenvalue weighted by Gasteiger charge is 2.17. The average molecular weight is 439 g/mol. The van der Waals surface area contributed by atoms with Crippen LogP contribution < -0.4 is 0 Å². The second-order valence-electron chi connectivity index (χ2n) is 4.10. The zero-order valence-electron chi connectivity index (χ0n) is 9.71. The van der Waals surface area contributed by atoms with Gasteiger partial charge in [-0.2, -0.15) is 0 Å². The van der Waals surface area contributed by atoms with Crippen LogP contribution in [0.4, 0.5) is 8.78 Å². The van der Waals surface area contributed by atoms with Crippen LogP contribution >= 0.6 is 38.5 Å². The van der Waals surface area contributed by atoms with Crippen molar-refractivity contribution in [2.45, 2.75) is 12.5 Å². The van der Waals surface area contributed by atoms with Gasteiger partial charge in [-0.05, 0) is 68.3 Å². The van der Waals surface area contributed by atoms with E-state index >= 15 is 0 Å². The summed E-state index contributed by atoms with van der Waals surface area (Å²) in [5, 5.41) is 10.1. The molecule has 1 nitrogen and oxygen atoms in total. The molecule has 0 fully saturated rings. The first-order valence-corrected chi connectivity index (χ1v) is 7.42. The van der Waals surface area contributed by atoms with E-state index in [1.54, 1.807) is 18.2 Å². The van der Waals surface area contributed by atoms with E-state index in [-0.39, 0.29) is 16.5 Å². The van der Waals surface area contributed by atoms with Gasteiger partial charge in [-0.1, -0.05) is 12.1 Å². The van der Waals surface area contributed by atoms with Crippen molar-refractivity contribution in [1.82, 2.24) is 0 Å². The van der Waals surface area contributed by atoms with Crippen LogP contribution in [0, 0.1) is 15.2 Å². The molecule has 5 heteroatoms. The van der Waals surface area contributed by atoms with E-state index in [2.05, 4.69) is 38.5 Å². The molecule has 0 spiro atoms. The fraction of sp³-hybridized carbons (Fsp3) is 0.143. The Balaban J connectivity index is 2.29. The van der Waals surface area contributed by atoms with Crippen LogP contribution in [0.5, 0.6) is 0 Å². The molecule has 0 aliphatic rings. The number of halogens is 4. The highest BCUT2D eigenvalue weighted by Crippen LogP contribution is 2.27. The lowest BCUT2D eigenvalue weighted by Gasteiger charge is -2.13. The van der Waals surface area contributed by atoms with Gasteiger partial charge in [0.1, 0.15) is 11.6 Å². The van der Waals surface area contributed by atoms with Crippen LogP contribution in [0.3, 0.4) is 0 Å². The molecule has 2 aromatic carbocycles. The Morgan fingerprint density at radius 1 is 1.21 bits per heavy atom. The van der Waals surface area contributed by atoms with Gasteiger partial charge < -0.3 is 5.11 Å². The van der Waals surface area contributed by atoms with E-state index in [0.717, 1.165) is 3.57 Å². The van der Waals surface area contributed by atoms with Crippen LogP contribution in [-0.4, -0.2) is 5.11 Å². The predicted octanol–water partition coefficient (Wildman–Crippen LogP) is 4.61. The lowest BCUT2D eigenvalue weighted by atomic mass is 10.0. The third kappa shape index (κ3) is 3.52. The molecule has 0 amide bonds. The molecule has 1 atom stereocenters. The molecule has 0 heterocycles. The minimum Gasteiger partial charge on any atom is -0.388 e. The molecule has 0 aromatic heterocycles. The molecule has 0 radical (unpaired) electrons. The molecule has 100 valence electrons. The summed E-state index contributed by atoms with van der Waals surface area (Å²) in [5.41, 5.74) is 0.534. The van der Waals surface area contributed by atoms with E-state index in [9.17, 15) is 13.9 Å². The van der Waals surface area contributed by atoms with Crippen molar-refractivity contribution >= 4 is 38.5 Å². The Morgan fingerprint density at radius 3 is 2.63 bits per heavy atom. The predicted molar refractivity (Wildman–Crippen MR) is 81.9 cm³/mol. The zero-order chi connectivity index (χ0) is 14.0. The number of hydrogen-bond acceptors (Lipinski definition) is 1. The van der Waals surface area contributed by atoms with Crippen molar-refractivity contribution in [2.24, 2.45) is 0 Å². The molecule has 0 saturated carbocycles. The van der Waals surface area contributed by atoms with Gasteiger partial charge >= 0.3 is 0 Å². The quantitative estimate of drug-likeness (QED) is 0.548. The Bertz CT molecular complexity index is 604. The minimum atomic E-state index is -0.937. The van der Waals surface area contributed by atoms with Crippen LogP contribution in [0.2, 0.25) is 0 Å². The molecule has 2 rings (SSSR count). The normalized spacial score (nSPS) is 12.5. The van der Waals surface area contributed by atoms with Gasteiger partial charge in [0.05, 0.1) is 10.6 Å². The fourth-order valence-electron chi connectivity index (χ4n) is 1.78. The molecule has 0 bridgehead atoms. The number of hydrogen-bond donors (Lipinski definition) is 1. The lowest BCUT2D eigenvalue weighted by Crippen LogP contribution is -2.06. The highest BCUT2D eigenvalue weighted by atomic mass is 127. The molecule has 2 aromatic rings. The summed E-state index contributed by atoms with van der Waals surface area (Å²) in [5.74, 6) is -1.31. The minimum absolute atomic E-state index is 0.100. The van der Waals surface area contributed by atoms with Crippen LogP contribution in [-0.2, 0) is 6.42 Å². The summed E-state index contributed by atoms with van der Waals surface area (Å²) < 4.78 is 28.6. The largest absolute Gasteiger partial charge is 0.388 e. The number of benzene rings is 2. The number of aliphatic hydroxyl groups is 1. The third-order valence-corrected chi connectivity index (χ3v) is 4.05. The Morgan fingerprint density at radius 2 is 1.95 bits per heavy atom. The SMILES string of the molecule is OC(Cc1c(F)ccc(Br)c1F)c1cccc(I)c1. The summed E-state index contributed by atoms with van der Waals surface area (Å²) in [6.45, 7) is 0. The molecule has 19 heavy (non-hydrogen) atoms. The van der Waals surface area contributed by atoms with Crippen molar-refractivity contribution in [2.75, 3.05) is 0 Å². The van der Waals surface area contributed by atoms with E-state index in [1.807, 2.05) is 6.07 Å². The van der Waals surface area contributed by atoms with Crippen molar-refractivity contribution < 1.29 is 13.9 Å². The second kappa shape index (κ2) is 6.28. The van der Waals surface area contributed by atoms with Gasteiger partial charge in [0.25, 0.3) is 0 Å². The third-order valence-electron chi connectivity index (χ3n) is 2.77. The Kier molecular flexibility index (Phi) is 4.92. The number of aliphatic hydroxyl groups excluding tert-OH is 1. The van der Waals surface area contributed by atoms with Crippen molar-refractivity contribution in [3.05, 3.63) is 67.2 Å². The first kappa shape index (κ1) is 14.9. The van der Waals surface area contributed by atoms with Gasteiger partial charge in [-0.3, -0.25) is 0 Å². The lowest BCUT2D eigenvalue weighted by molar-refractivity contribution is 0.175. The maximum Gasteiger partial charge on any atom is 0.143 e. The molecule has 0 saturated heterocycles. The topological polar surface area (TPSA) is 20.2 Å². The Hall–Kier alpha value is -0.530. The second-order valence-corrected chi connectivity index (χ2v) is 6.20. The van der Waals surface area contributed by atoms with E-state index < -0.39 is 17.7 Å². The first-order valence-electron chi connectivity index (χ1n) is 5.55. The smallest absolute Gasteiger partial charge is 0.143 e. The standard InChI is InChI=1S/C14H10BrF2IO/c15-11-4-5-12(16)10(14(11)17)7-13(19)8-2-1-3-9(18)6-8/h1-6,13,19H,7H2. The van der Waals surface area contributed by atoms with E-state index in [4.69, 9.17) is 0 Å². The van der Waals surface area contributed by atoms with Crippen molar-refractivity contribution in [1.29, 1.82) is 0 Å². The summed E-state index contributed by atoms with van der Waals surface area (Å²) in [6, 6.07) is 9.71. The average Bonchev–Trinajstić information content (AvgIpc) is 2.39. The molecule has 1 unspecified atom stereocenters. The van der Waals surface area contributed by atoms with E-state index in [1.165, 1.54) is 12.1 Å².